The Morgan fingerprint density at radius 1 is 1.08 bits per heavy atom. The van der Waals surface area contributed by atoms with E-state index in [1.165, 1.54) is 6.07 Å². The summed E-state index contributed by atoms with van der Waals surface area (Å²) in [6.07, 6.45) is 3.40. The number of aryl methyl sites for hydroxylation is 1. The lowest BCUT2D eigenvalue weighted by Gasteiger charge is -2.11. The van der Waals surface area contributed by atoms with Crippen LogP contribution >= 0.6 is 0 Å². The van der Waals surface area contributed by atoms with Gasteiger partial charge >= 0.3 is 0 Å². The van der Waals surface area contributed by atoms with E-state index in [1.54, 1.807) is 31.8 Å². The summed E-state index contributed by atoms with van der Waals surface area (Å²) in [5.41, 5.74) is 4.28. The smallest absolute Gasteiger partial charge is 0.183 e. The maximum Gasteiger partial charge on any atom is 0.183 e. The van der Waals surface area contributed by atoms with E-state index >= 15 is 0 Å². The third kappa shape index (κ3) is 2.60. The highest BCUT2D eigenvalue weighted by atomic mass is 19.1. The molecule has 0 amide bonds. The molecule has 4 rings (SSSR count). The van der Waals surface area contributed by atoms with Crippen LogP contribution in [0.15, 0.2) is 55.0 Å². The van der Waals surface area contributed by atoms with Gasteiger partial charge in [-0.05, 0) is 30.7 Å². The quantitative estimate of drug-likeness (QED) is 0.551. The first-order valence-electron chi connectivity index (χ1n) is 8.32. The van der Waals surface area contributed by atoms with Crippen LogP contribution in [0.1, 0.15) is 6.92 Å². The van der Waals surface area contributed by atoms with Crippen LogP contribution in [0.25, 0.3) is 33.4 Å². The summed E-state index contributed by atoms with van der Waals surface area (Å²) in [7, 11) is 1.58. The monoisotopic (exact) mass is 348 g/mol. The van der Waals surface area contributed by atoms with Gasteiger partial charge in [-0.25, -0.2) is 9.37 Å². The predicted octanol–water partition coefficient (Wildman–Crippen LogP) is 4.33. The Hall–Kier alpha value is -3.28. The van der Waals surface area contributed by atoms with Crippen LogP contribution in [0, 0.1) is 5.82 Å². The molecule has 4 aromatic rings. The zero-order valence-electron chi connectivity index (χ0n) is 14.5. The van der Waals surface area contributed by atoms with E-state index in [1.807, 2.05) is 35.8 Å². The minimum absolute atomic E-state index is 0.310. The van der Waals surface area contributed by atoms with E-state index in [2.05, 4.69) is 15.2 Å². The second kappa shape index (κ2) is 6.55. The number of benzene rings is 2. The fourth-order valence-corrected chi connectivity index (χ4v) is 3.08. The Labute approximate surface area is 150 Å². The molecule has 5 nitrogen and oxygen atoms in total. The van der Waals surface area contributed by atoms with E-state index in [9.17, 15) is 4.39 Å². The number of fused-ring (bicyclic) bond motifs is 1. The molecule has 0 aliphatic rings. The Morgan fingerprint density at radius 3 is 2.73 bits per heavy atom. The van der Waals surface area contributed by atoms with Crippen molar-refractivity contribution in [2.24, 2.45) is 0 Å². The lowest BCUT2D eigenvalue weighted by Crippen LogP contribution is -1.96. The van der Waals surface area contributed by atoms with Crippen molar-refractivity contribution in [2.75, 3.05) is 7.11 Å². The Balaban J connectivity index is 1.91. The first-order chi connectivity index (χ1) is 12.7. The Bertz CT molecular complexity index is 1090. The van der Waals surface area contributed by atoms with Crippen LogP contribution in [-0.4, -0.2) is 26.9 Å². The normalized spacial score (nSPS) is 11.0. The third-order valence-electron chi connectivity index (χ3n) is 4.42. The molecule has 2 aromatic carbocycles. The third-order valence-corrected chi connectivity index (χ3v) is 4.42. The van der Waals surface area contributed by atoms with Crippen molar-refractivity contribution in [1.82, 2.24) is 19.7 Å². The van der Waals surface area contributed by atoms with Crippen molar-refractivity contribution in [3.8, 4) is 28.0 Å². The summed E-state index contributed by atoms with van der Waals surface area (Å²) in [4.78, 5) is 4.47. The molecule has 130 valence electrons. The van der Waals surface area contributed by atoms with Gasteiger partial charge in [0.2, 0.25) is 0 Å². The van der Waals surface area contributed by atoms with Crippen LogP contribution in [0.2, 0.25) is 0 Å². The molecule has 0 fully saturated rings. The molecule has 0 unspecified atom stereocenters. The maximum absolute atomic E-state index is 14.6. The molecular weight excluding hydrogens is 331 g/mol. The van der Waals surface area contributed by atoms with Crippen LogP contribution in [0.3, 0.4) is 0 Å². The van der Waals surface area contributed by atoms with Crippen LogP contribution in [-0.2, 0) is 6.54 Å². The lowest BCUT2D eigenvalue weighted by atomic mass is 9.98. The Kier molecular flexibility index (Phi) is 4.08. The second-order valence-electron chi connectivity index (χ2n) is 5.86. The number of nitrogens with zero attached hydrogens (tertiary/aromatic N) is 4. The molecule has 26 heavy (non-hydrogen) atoms. The van der Waals surface area contributed by atoms with Gasteiger partial charge in [-0.1, -0.05) is 24.3 Å². The summed E-state index contributed by atoms with van der Waals surface area (Å²) in [5.74, 6) is 0.312. The van der Waals surface area contributed by atoms with Crippen molar-refractivity contribution < 1.29 is 9.13 Å². The molecule has 0 N–H and O–H groups in total. The fraction of sp³-hybridized carbons (Fsp3) is 0.150. The number of para-hydroxylation sites is 1. The SMILES string of the molecule is CCn1cnc2c(-c3ccc(F)c(-c4ccccc4OC)c3)cnnc21. The van der Waals surface area contributed by atoms with Gasteiger partial charge in [0.05, 0.1) is 19.6 Å². The van der Waals surface area contributed by atoms with Crippen molar-refractivity contribution in [3.05, 3.63) is 60.8 Å². The van der Waals surface area contributed by atoms with E-state index < -0.39 is 0 Å². The fourth-order valence-electron chi connectivity index (χ4n) is 3.08. The molecular formula is C20H17FN4O. The van der Waals surface area contributed by atoms with E-state index in [-0.39, 0.29) is 5.82 Å². The van der Waals surface area contributed by atoms with E-state index in [4.69, 9.17) is 4.74 Å². The second-order valence-corrected chi connectivity index (χ2v) is 5.86. The van der Waals surface area contributed by atoms with Gasteiger partial charge in [0.1, 0.15) is 17.1 Å². The molecule has 0 aliphatic carbocycles. The number of ether oxygens (including phenoxy) is 1. The van der Waals surface area contributed by atoms with Gasteiger partial charge in [-0.15, -0.1) is 5.10 Å². The van der Waals surface area contributed by atoms with E-state index in [0.29, 0.717) is 22.5 Å². The van der Waals surface area contributed by atoms with Crippen LogP contribution in [0.5, 0.6) is 5.75 Å². The number of hydrogen-bond acceptors (Lipinski definition) is 4. The van der Waals surface area contributed by atoms with Gasteiger partial charge < -0.3 is 9.30 Å². The topological polar surface area (TPSA) is 52.8 Å². The average molecular weight is 348 g/mol. The highest BCUT2D eigenvalue weighted by Crippen LogP contribution is 2.35. The van der Waals surface area contributed by atoms with E-state index in [0.717, 1.165) is 23.2 Å². The number of hydrogen-bond donors (Lipinski definition) is 0. The number of rotatable bonds is 4. The number of imidazole rings is 1. The van der Waals surface area contributed by atoms with Crippen LogP contribution in [0.4, 0.5) is 4.39 Å². The van der Waals surface area contributed by atoms with Crippen molar-refractivity contribution in [3.63, 3.8) is 0 Å². The molecule has 2 aromatic heterocycles. The summed E-state index contributed by atoms with van der Waals surface area (Å²) in [6.45, 7) is 2.78. The number of aromatic nitrogens is 4. The molecule has 0 saturated heterocycles. The highest BCUT2D eigenvalue weighted by Gasteiger charge is 2.15. The number of methoxy groups -OCH3 is 1. The highest BCUT2D eigenvalue weighted by molar-refractivity contribution is 5.90. The van der Waals surface area contributed by atoms with Crippen molar-refractivity contribution >= 4 is 11.2 Å². The first-order valence-corrected chi connectivity index (χ1v) is 8.32. The van der Waals surface area contributed by atoms with Gasteiger partial charge in [0.15, 0.2) is 5.65 Å². The molecule has 0 saturated carbocycles. The Morgan fingerprint density at radius 2 is 1.92 bits per heavy atom. The van der Waals surface area contributed by atoms with Gasteiger partial charge in [-0.3, -0.25) is 0 Å². The van der Waals surface area contributed by atoms with Crippen molar-refractivity contribution in [1.29, 1.82) is 0 Å². The molecule has 0 bridgehead atoms. The number of halogens is 1. The molecule has 0 aliphatic heterocycles. The molecule has 6 heteroatoms. The molecule has 0 atom stereocenters. The summed E-state index contributed by atoms with van der Waals surface area (Å²) in [5, 5.41) is 8.28. The maximum atomic E-state index is 14.6. The van der Waals surface area contributed by atoms with Crippen molar-refractivity contribution in [2.45, 2.75) is 13.5 Å². The minimum atomic E-state index is -0.310. The molecule has 2 heterocycles. The first kappa shape index (κ1) is 16.2. The summed E-state index contributed by atoms with van der Waals surface area (Å²) < 4.78 is 21.9. The summed E-state index contributed by atoms with van der Waals surface area (Å²) in [6, 6.07) is 12.4. The largest absolute Gasteiger partial charge is 0.496 e. The molecule has 0 spiro atoms. The minimum Gasteiger partial charge on any atom is -0.496 e. The van der Waals surface area contributed by atoms with Gasteiger partial charge in [0, 0.05) is 23.2 Å². The zero-order valence-corrected chi connectivity index (χ0v) is 14.5. The lowest BCUT2D eigenvalue weighted by molar-refractivity contribution is 0.416. The van der Waals surface area contributed by atoms with Crippen LogP contribution < -0.4 is 4.74 Å². The zero-order chi connectivity index (χ0) is 18.1. The molecule has 0 radical (unpaired) electrons. The van der Waals surface area contributed by atoms with Gasteiger partial charge in [0.25, 0.3) is 0 Å². The predicted molar refractivity (Wildman–Crippen MR) is 98.4 cm³/mol. The van der Waals surface area contributed by atoms with Gasteiger partial charge in [-0.2, -0.15) is 5.10 Å². The summed E-state index contributed by atoms with van der Waals surface area (Å²) >= 11 is 0. The average Bonchev–Trinajstić information content (AvgIpc) is 3.12. The standard InChI is InChI=1S/C20H17FN4O/c1-3-25-12-22-19-16(11-23-24-20(19)25)13-8-9-17(21)15(10-13)14-6-4-5-7-18(14)26-2/h4-12H,3H2,1-2H3.